The Labute approximate surface area is 214 Å². The van der Waals surface area contributed by atoms with Crippen LogP contribution in [0.25, 0.3) is 0 Å². The van der Waals surface area contributed by atoms with E-state index in [2.05, 4.69) is 73.6 Å². The minimum absolute atomic E-state index is 0.553. The zero-order chi connectivity index (χ0) is 24.9. The molecule has 0 aromatic rings. The van der Waals surface area contributed by atoms with Crippen LogP contribution in [0.4, 0.5) is 0 Å². The summed E-state index contributed by atoms with van der Waals surface area (Å²) < 4.78 is 0. The van der Waals surface area contributed by atoms with Gasteiger partial charge in [0.15, 0.2) is 0 Å². The fourth-order valence-corrected chi connectivity index (χ4v) is 9.20. The molecule has 34 heavy (non-hydrogen) atoms. The lowest BCUT2D eigenvalue weighted by Gasteiger charge is -2.58. The van der Waals surface area contributed by atoms with Crippen molar-refractivity contribution in [2.45, 2.75) is 139 Å². The summed E-state index contributed by atoms with van der Waals surface area (Å²) in [5.74, 6) is 6.73. The van der Waals surface area contributed by atoms with Crippen LogP contribution in [-0.4, -0.2) is 0 Å². The molecular formula is C34H60. The molecule has 0 nitrogen and oxygen atoms in total. The summed E-state index contributed by atoms with van der Waals surface area (Å²) in [4.78, 5) is 0. The number of allylic oxidation sites excluding steroid dienone is 4. The molecule has 8 atom stereocenters. The lowest BCUT2D eigenvalue weighted by Crippen LogP contribution is -2.50. The first-order chi connectivity index (χ1) is 16.2. The SMILES string of the molecule is C/C=C/CCC.CC(C)CCCC(C)C1CCC2C3CC=C4C[C@H](C)CC[C@@]4(C)C3CC[C@@]12C. The normalized spacial score (nSPS) is 40.1. The lowest BCUT2D eigenvalue weighted by molar-refractivity contribution is -0.0523. The van der Waals surface area contributed by atoms with Gasteiger partial charge < -0.3 is 0 Å². The monoisotopic (exact) mass is 468 g/mol. The van der Waals surface area contributed by atoms with Crippen LogP contribution < -0.4 is 0 Å². The number of fused-ring (bicyclic) bond motifs is 5. The van der Waals surface area contributed by atoms with Crippen molar-refractivity contribution in [3.8, 4) is 0 Å². The van der Waals surface area contributed by atoms with E-state index in [0.29, 0.717) is 10.8 Å². The fourth-order valence-electron chi connectivity index (χ4n) is 9.20. The first-order valence-corrected chi connectivity index (χ1v) is 15.5. The summed E-state index contributed by atoms with van der Waals surface area (Å²) >= 11 is 0. The van der Waals surface area contributed by atoms with Crippen LogP contribution in [0.1, 0.15) is 139 Å². The third-order valence-electron chi connectivity index (χ3n) is 11.2. The molecule has 0 heteroatoms. The molecule has 0 aromatic carbocycles. The van der Waals surface area contributed by atoms with Gasteiger partial charge in [0.2, 0.25) is 0 Å². The topological polar surface area (TPSA) is 0 Å². The van der Waals surface area contributed by atoms with Crippen molar-refractivity contribution in [1.29, 1.82) is 0 Å². The average molecular weight is 469 g/mol. The average Bonchev–Trinajstić information content (AvgIpc) is 3.15. The molecule has 0 amide bonds. The third-order valence-corrected chi connectivity index (χ3v) is 11.2. The van der Waals surface area contributed by atoms with Gasteiger partial charge in [-0.1, -0.05) is 98.0 Å². The molecule has 4 aliphatic rings. The molecule has 0 aromatic heterocycles. The van der Waals surface area contributed by atoms with E-state index in [1.807, 2.05) is 5.57 Å². The Bertz CT molecular complexity index is 682. The number of hydrogen-bond donors (Lipinski definition) is 0. The van der Waals surface area contributed by atoms with Crippen molar-refractivity contribution in [2.75, 3.05) is 0 Å². The van der Waals surface area contributed by atoms with Gasteiger partial charge in [-0.3, -0.25) is 0 Å². The zero-order valence-electron chi connectivity index (χ0n) is 24.5. The Morgan fingerprint density at radius 3 is 2.41 bits per heavy atom. The molecule has 0 spiro atoms. The van der Waals surface area contributed by atoms with E-state index in [9.17, 15) is 0 Å². The van der Waals surface area contributed by atoms with Crippen LogP contribution in [0.5, 0.6) is 0 Å². The molecular weight excluding hydrogens is 408 g/mol. The van der Waals surface area contributed by atoms with Crippen molar-refractivity contribution in [3.63, 3.8) is 0 Å². The second-order valence-corrected chi connectivity index (χ2v) is 14.0. The van der Waals surface area contributed by atoms with Crippen LogP contribution in [0.3, 0.4) is 0 Å². The van der Waals surface area contributed by atoms with Crippen LogP contribution in [0, 0.1) is 52.3 Å². The van der Waals surface area contributed by atoms with Crippen molar-refractivity contribution in [1.82, 2.24) is 0 Å². The third kappa shape index (κ3) is 5.89. The van der Waals surface area contributed by atoms with Crippen molar-refractivity contribution >= 4 is 0 Å². The van der Waals surface area contributed by atoms with Crippen molar-refractivity contribution in [3.05, 3.63) is 23.8 Å². The van der Waals surface area contributed by atoms with E-state index in [0.717, 1.165) is 41.4 Å². The Hall–Kier alpha value is -0.520. The molecule has 3 saturated carbocycles. The Balaban J connectivity index is 0.000000481. The summed E-state index contributed by atoms with van der Waals surface area (Å²) in [6.45, 7) is 19.5. The highest BCUT2D eigenvalue weighted by Crippen LogP contribution is 2.67. The van der Waals surface area contributed by atoms with Crippen molar-refractivity contribution in [2.24, 2.45) is 52.3 Å². The first-order valence-electron chi connectivity index (χ1n) is 15.5. The molecule has 0 heterocycles. The summed E-state index contributed by atoms with van der Waals surface area (Å²) in [7, 11) is 0. The summed E-state index contributed by atoms with van der Waals surface area (Å²) in [5, 5.41) is 0. The summed E-state index contributed by atoms with van der Waals surface area (Å²) in [6, 6.07) is 0. The molecule has 5 unspecified atom stereocenters. The highest BCUT2D eigenvalue weighted by molar-refractivity contribution is 5.25. The number of unbranched alkanes of at least 4 members (excludes halogenated alkanes) is 1. The molecule has 3 fully saturated rings. The summed E-state index contributed by atoms with van der Waals surface area (Å²) in [5.41, 5.74) is 3.06. The van der Waals surface area contributed by atoms with Gasteiger partial charge in [0.1, 0.15) is 0 Å². The highest BCUT2D eigenvalue weighted by atomic mass is 14.6. The van der Waals surface area contributed by atoms with Gasteiger partial charge in [-0.15, -0.1) is 0 Å². The van der Waals surface area contributed by atoms with E-state index < -0.39 is 0 Å². The maximum absolute atomic E-state index is 2.75. The maximum Gasteiger partial charge on any atom is -0.00851 e. The van der Waals surface area contributed by atoms with Crippen LogP contribution in [-0.2, 0) is 0 Å². The molecule has 0 bridgehead atoms. The number of rotatable bonds is 7. The molecule has 196 valence electrons. The standard InChI is InChI=1S/C28H48.C6H12/c1-19(2)8-7-9-21(4)24-12-13-25-23-11-10-22-18-20(3)14-16-27(22,5)26(23)15-17-28(24,25)6;1-3-5-6-4-2/h10,19-21,23-26H,7-9,11-18H2,1-6H3;3,5H,4,6H2,1-2H3/b;5-3+/t20-,21?,23?,24?,25?,26?,27-,28+;/m1./s1. The largest absolute Gasteiger partial charge is 0.0917 e. The number of hydrogen-bond acceptors (Lipinski definition) is 0. The maximum atomic E-state index is 2.75. The zero-order valence-corrected chi connectivity index (χ0v) is 24.5. The van der Waals surface area contributed by atoms with Crippen molar-refractivity contribution < 1.29 is 0 Å². The molecule has 4 aliphatic carbocycles. The second kappa shape index (κ2) is 12.1. The van der Waals surface area contributed by atoms with Gasteiger partial charge >= 0.3 is 0 Å². The smallest absolute Gasteiger partial charge is 0.00851 e. The molecule has 0 radical (unpaired) electrons. The minimum Gasteiger partial charge on any atom is -0.0917 e. The lowest BCUT2D eigenvalue weighted by atomic mass is 9.46. The van der Waals surface area contributed by atoms with E-state index >= 15 is 0 Å². The Kier molecular flexibility index (Phi) is 10.0. The summed E-state index contributed by atoms with van der Waals surface area (Å²) in [6.07, 6.45) is 25.7. The van der Waals surface area contributed by atoms with Gasteiger partial charge in [-0.2, -0.15) is 0 Å². The molecule has 0 saturated heterocycles. The molecule has 4 rings (SSSR count). The van der Waals surface area contributed by atoms with Crippen LogP contribution >= 0.6 is 0 Å². The fraction of sp³-hybridized carbons (Fsp3) is 0.882. The Morgan fingerprint density at radius 1 is 1.00 bits per heavy atom. The van der Waals surface area contributed by atoms with E-state index in [4.69, 9.17) is 0 Å². The quantitative estimate of drug-likeness (QED) is 0.326. The van der Waals surface area contributed by atoms with Crippen LogP contribution in [0.2, 0.25) is 0 Å². The molecule has 0 N–H and O–H groups in total. The van der Waals surface area contributed by atoms with Gasteiger partial charge in [0.05, 0.1) is 0 Å². The highest BCUT2D eigenvalue weighted by Gasteiger charge is 2.58. The first kappa shape index (κ1) is 28.1. The van der Waals surface area contributed by atoms with E-state index in [-0.39, 0.29) is 0 Å². The van der Waals surface area contributed by atoms with Gasteiger partial charge in [-0.05, 0) is 117 Å². The minimum atomic E-state index is 0.553. The van der Waals surface area contributed by atoms with Crippen LogP contribution in [0.15, 0.2) is 23.8 Å². The van der Waals surface area contributed by atoms with Gasteiger partial charge in [-0.25, -0.2) is 0 Å². The predicted octanol–water partition coefficient (Wildman–Crippen LogP) is 11.0. The molecule has 0 aliphatic heterocycles. The van der Waals surface area contributed by atoms with Gasteiger partial charge in [0.25, 0.3) is 0 Å². The van der Waals surface area contributed by atoms with Gasteiger partial charge in [0, 0.05) is 0 Å². The van der Waals surface area contributed by atoms with E-state index in [1.54, 1.807) is 0 Å². The second-order valence-electron chi connectivity index (χ2n) is 14.0. The predicted molar refractivity (Wildman–Crippen MR) is 152 cm³/mol. The Morgan fingerprint density at radius 2 is 1.76 bits per heavy atom. The van der Waals surface area contributed by atoms with E-state index in [1.165, 1.54) is 83.5 Å².